The molecule has 6 heteroatoms. The van der Waals surface area contributed by atoms with Gasteiger partial charge in [0.1, 0.15) is 0 Å². The molecule has 10 aromatic rings. The van der Waals surface area contributed by atoms with E-state index in [2.05, 4.69) is 184 Å². The second kappa shape index (κ2) is 10.4. The number of hydrogen-bond donors (Lipinski definition) is 0. The normalized spacial score (nSPS) is 13.6. The summed E-state index contributed by atoms with van der Waals surface area (Å²) in [5.74, 6) is 1.70. The molecule has 0 unspecified atom stereocenters. The highest BCUT2D eigenvalue weighted by atomic mass is 32.1. The molecular formula is C48H28BN3OS. The van der Waals surface area contributed by atoms with Crippen LogP contribution in [0, 0.1) is 0 Å². The minimum atomic E-state index is -0.0499. The van der Waals surface area contributed by atoms with Gasteiger partial charge in [0, 0.05) is 53.6 Å². The first-order valence-corrected chi connectivity index (χ1v) is 19.3. The topological polar surface area (TPSA) is 20.6 Å². The smallest absolute Gasteiger partial charge is 0.333 e. The number of ether oxygens (including phenoxy) is 1. The first kappa shape index (κ1) is 28.8. The van der Waals surface area contributed by atoms with Crippen LogP contribution in [0.5, 0.6) is 11.5 Å². The standard InChI is InChI=1S/C48H28BN3OS/c1-2-14-29(15-3-1)52-40-26-33-30-16-5-13-25-44(30)54-45(33)28-32(40)34-27-41(50-38-21-9-11-23-42(38)53-43-24-12-10-22-39(43)50)46-31-17-4-7-19-36(31)51-37-20-8-6-18-35(37)49(52)47(34)48(46)51/h1-28H. The van der Waals surface area contributed by atoms with Crippen LogP contribution in [0.4, 0.5) is 28.4 Å². The molecule has 2 aromatic heterocycles. The van der Waals surface area contributed by atoms with Crippen LogP contribution in [0.2, 0.25) is 0 Å². The summed E-state index contributed by atoms with van der Waals surface area (Å²) in [5, 5.41) is 5.09. The lowest BCUT2D eigenvalue weighted by Crippen LogP contribution is -2.60. The van der Waals surface area contributed by atoms with Crippen molar-refractivity contribution >= 4 is 99.5 Å². The van der Waals surface area contributed by atoms with E-state index in [-0.39, 0.29) is 6.85 Å². The average Bonchev–Trinajstić information content (AvgIpc) is 3.78. The van der Waals surface area contributed by atoms with Crippen LogP contribution in [0.3, 0.4) is 0 Å². The zero-order chi connectivity index (χ0) is 35.1. The SMILES string of the molecule is c1ccc(N2B3c4ccccc4-n4c5ccccc5c5c(N6c7ccccc7Oc7ccccc76)cc(c3c54)-c3cc4sc5ccccc5c4cc32)cc1. The summed E-state index contributed by atoms with van der Waals surface area (Å²) in [4.78, 5) is 5.05. The third kappa shape index (κ3) is 3.63. The number of para-hydroxylation sites is 7. The van der Waals surface area contributed by atoms with E-state index in [4.69, 9.17) is 4.74 Å². The molecular weight excluding hydrogens is 677 g/mol. The van der Waals surface area contributed by atoms with Crippen LogP contribution >= 0.6 is 11.3 Å². The van der Waals surface area contributed by atoms with E-state index < -0.39 is 0 Å². The maximum atomic E-state index is 6.57. The van der Waals surface area contributed by atoms with E-state index in [1.54, 1.807) is 0 Å². The first-order valence-electron chi connectivity index (χ1n) is 18.5. The van der Waals surface area contributed by atoms with E-state index in [9.17, 15) is 0 Å². The van der Waals surface area contributed by atoms with Gasteiger partial charge in [0.05, 0.1) is 28.1 Å². The van der Waals surface area contributed by atoms with Crippen LogP contribution in [0.25, 0.3) is 58.8 Å². The van der Waals surface area contributed by atoms with Crippen LogP contribution < -0.4 is 25.4 Å². The fraction of sp³-hybridized carbons (Fsp3) is 0. The van der Waals surface area contributed by atoms with Crippen molar-refractivity contribution in [3.8, 4) is 28.3 Å². The highest BCUT2D eigenvalue weighted by Gasteiger charge is 2.45. The summed E-state index contributed by atoms with van der Waals surface area (Å²) in [6.45, 7) is -0.0499. The van der Waals surface area contributed by atoms with Crippen LogP contribution in [0.15, 0.2) is 170 Å². The van der Waals surface area contributed by atoms with Gasteiger partial charge in [-0.2, -0.15) is 0 Å². The molecule has 0 atom stereocenters. The van der Waals surface area contributed by atoms with Crippen molar-refractivity contribution in [3.05, 3.63) is 170 Å². The zero-order valence-corrected chi connectivity index (χ0v) is 29.7. The number of anilines is 5. The monoisotopic (exact) mass is 705 g/mol. The van der Waals surface area contributed by atoms with Gasteiger partial charge in [-0.15, -0.1) is 11.3 Å². The Labute approximate surface area is 315 Å². The maximum absolute atomic E-state index is 6.57. The lowest BCUT2D eigenvalue weighted by molar-refractivity contribution is 0.477. The fourth-order valence-corrected chi connectivity index (χ4v) is 10.7. The molecule has 8 aromatic carbocycles. The Hall–Kier alpha value is -6.76. The molecule has 0 saturated heterocycles. The largest absolute Gasteiger partial charge is 0.453 e. The van der Waals surface area contributed by atoms with Gasteiger partial charge in [-0.1, -0.05) is 97.1 Å². The first-order chi connectivity index (χ1) is 26.8. The lowest BCUT2D eigenvalue weighted by Gasteiger charge is -2.43. The van der Waals surface area contributed by atoms with Gasteiger partial charge in [-0.05, 0) is 89.3 Å². The molecule has 0 amide bonds. The predicted octanol–water partition coefficient (Wildman–Crippen LogP) is 12.0. The number of rotatable bonds is 2. The van der Waals surface area contributed by atoms with E-state index in [1.807, 2.05) is 11.3 Å². The Bertz CT molecular complexity index is 3190. The number of hydrogen-bond acceptors (Lipinski definition) is 4. The number of thiophene rings is 1. The van der Waals surface area contributed by atoms with Gasteiger partial charge < -0.3 is 19.0 Å². The minimum absolute atomic E-state index is 0.0499. The molecule has 3 aliphatic heterocycles. The summed E-state index contributed by atoms with van der Waals surface area (Å²) >= 11 is 1.88. The molecule has 54 heavy (non-hydrogen) atoms. The van der Waals surface area contributed by atoms with Gasteiger partial charge >= 0.3 is 6.85 Å². The Balaban J connectivity index is 1.25. The summed E-state index contributed by atoms with van der Waals surface area (Å²) in [6, 6.07) is 62.1. The second-order valence-corrected chi connectivity index (χ2v) is 15.5. The molecule has 13 rings (SSSR count). The molecule has 4 nitrogen and oxygen atoms in total. The lowest BCUT2D eigenvalue weighted by atomic mass is 9.44. The van der Waals surface area contributed by atoms with Gasteiger partial charge in [-0.25, -0.2) is 0 Å². The van der Waals surface area contributed by atoms with Crippen molar-refractivity contribution in [2.75, 3.05) is 9.71 Å². The van der Waals surface area contributed by atoms with Crippen molar-refractivity contribution in [1.82, 2.24) is 4.57 Å². The fourth-order valence-electron chi connectivity index (χ4n) is 9.60. The molecule has 0 spiro atoms. The van der Waals surface area contributed by atoms with Gasteiger partial charge in [0.25, 0.3) is 0 Å². The molecule has 0 bridgehead atoms. The maximum Gasteiger partial charge on any atom is 0.333 e. The van der Waals surface area contributed by atoms with Crippen molar-refractivity contribution in [2.45, 2.75) is 0 Å². The van der Waals surface area contributed by atoms with Gasteiger partial charge in [0.2, 0.25) is 0 Å². The minimum Gasteiger partial charge on any atom is -0.453 e. The summed E-state index contributed by atoms with van der Waals surface area (Å²) in [7, 11) is 0. The van der Waals surface area contributed by atoms with E-state index in [0.29, 0.717) is 0 Å². The quantitative estimate of drug-likeness (QED) is 0.167. The van der Waals surface area contributed by atoms with Crippen LogP contribution in [-0.2, 0) is 0 Å². The van der Waals surface area contributed by atoms with Crippen LogP contribution in [0.1, 0.15) is 0 Å². The molecule has 250 valence electrons. The third-order valence-corrected chi connectivity index (χ3v) is 12.8. The van der Waals surface area contributed by atoms with Crippen molar-refractivity contribution in [1.29, 1.82) is 0 Å². The second-order valence-electron chi connectivity index (χ2n) is 14.4. The average molecular weight is 706 g/mol. The molecule has 3 aliphatic rings. The number of fused-ring (bicyclic) bond motifs is 13. The van der Waals surface area contributed by atoms with Crippen LogP contribution in [-0.4, -0.2) is 11.4 Å². The Kier molecular flexibility index (Phi) is 5.56. The number of aromatic nitrogens is 1. The Morgan fingerprint density at radius 2 is 1.15 bits per heavy atom. The highest BCUT2D eigenvalue weighted by Crippen LogP contribution is 2.55. The van der Waals surface area contributed by atoms with E-state index >= 15 is 0 Å². The predicted molar refractivity (Wildman–Crippen MR) is 227 cm³/mol. The van der Waals surface area contributed by atoms with Crippen molar-refractivity contribution in [3.63, 3.8) is 0 Å². The van der Waals surface area contributed by atoms with E-state index in [1.165, 1.54) is 81.1 Å². The van der Waals surface area contributed by atoms with Crippen molar-refractivity contribution in [2.24, 2.45) is 0 Å². The molecule has 0 radical (unpaired) electrons. The molecule has 0 fully saturated rings. The van der Waals surface area contributed by atoms with Crippen molar-refractivity contribution < 1.29 is 4.74 Å². The molecule has 0 saturated carbocycles. The van der Waals surface area contributed by atoms with E-state index in [0.717, 1.165) is 28.6 Å². The Morgan fingerprint density at radius 3 is 1.96 bits per heavy atom. The highest BCUT2D eigenvalue weighted by molar-refractivity contribution is 7.25. The molecule has 0 aliphatic carbocycles. The number of benzene rings is 8. The third-order valence-electron chi connectivity index (χ3n) is 11.7. The number of nitrogens with zero attached hydrogens (tertiary/aromatic N) is 3. The van der Waals surface area contributed by atoms with Gasteiger partial charge in [-0.3, -0.25) is 0 Å². The summed E-state index contributed by atoms with van der Waals surface area (Å²) in [5.41, 5.74) is 14.5. The molecule has 5 heterocycles. The zero-order valence-electron chi connectivity index (χ0n) is 28.9. The summed E-state index contributed by atoms with van der Waals surface area (Å²) < 4.78 is 11.7. The summed E-state index contributed by atoms with van der Waals surface area (Å²) in [6.07, 6.45) is 0. The molecule has 0 N–H and O–H groups in total. The van der Waals surface area contributed by atoms with Gasteiger partial charge in [0.15, 0.2) is 11.5 Å². The Morgan fingerprint density at radius 1 is 0.481 bits per heavy atom.